The van der Waals surface area contributed by atoms with Gasteiger partial charge in [0, 0.05) is 5.92 Å². The van der Waals surface area contributed by atoms with Crippen molar-refractivity contribution in [3.8, 4) is 0 Å². The Morgan fingerprint density at radius 2 is 2.05 bits per heavy atom. The van der Waals surface area contributed by atoms with Crippen LogP contribution >= 0.6 is 11.3 Å². The molecule has 2 amide bonds. The lowest BCUT2D eigenvalue weighted by molar-refractivity contribution is -0.117. The summed E-state index contributed by atoms with van der Waals surface area (Å²) in [5.74, 6) is 0.271. The van der Waals surface area contributed by atoms with Gasteiger partial charge < -0.3 is 15.3 Å². The van der Waals surface area contributed by atoms with Crippen LogP contribution in [-0.4, -0.2) is 40.5 Å². The molecule has 2 N–H and O–H groups in total. The second-order valence-corrected chi connectivity index (χ2v) is 7.43. The number of carbonyl (C=O) groups excluding carboxylic acids is 2. The van der Waals surface area contributed by atoms with Crippen LogP contribution in [0.1, 0.15) is 36.4 Å². The first kappa shape index (κ1) is 14.5. The van der Waals surface area contributed by atoms with Crippen molar-refractivity contribution in [3.63, 3.8) is 0 Å². The van der Waals surface area contributed by atoms with Gasteiger partial charge in [0.1, 0.15) is 5.60 Å². The lowest BCUT2D eigenvalue weighted by atomic mass is 9.83. The molecule has 0 aromatic carbocycles. The van der Waals surface area contributed by atoms with E-state index in [0.717, 1.165) is 17.8 Å². The third kappa shape index (κ3) is 2.82. The number of rotatable bonds is 4. The zero-order chi connectivity index (χ0) is 15.2. The summed E-state index contributed by atoms with van der Waals surface area (Å²) in [6.07, 6.45) is 1.93. The second kappa shape index (κ2) is 5.10. The van der Waals surface area contributed by atoms with Crippen molar-refractivity contribution < 1.29 is 14.7 Å². The fourth-order valence-electron chi connectivity index (χ4n) is 2.37. The summed E-state index contributed by atoms with van der Waals surface area (Å²) < 4.78 is 0. The monoisotopic (exact) mass is 308 g/mol. The molecule has 1 aromatic rings. The zero-order valence-corrected chi connectivity index (χ0v) is 13.1. The molecular formula is C15H20N2O3S. The smallest absolute Gasteiger partial charge is 0.264 e. The van der Waals surface area contributed by atoms with E-state index in [9.17, 15) is 14.7 Å². The number of thiophene rings is 1. The van der Waals surface area contributed by atoms with Crippen molar-refractivity contribution in [1.29, 1.82) is 0 Å². The minimum Gasteiger partial charge on any atom is -0.386 e. The molecular weight excluding hydrogens is 288 g/mol. The molecule has 114 valence electrons. The highest BCUT2D eigenvalue weighted by atomic mass is 32.1. The van der Waals surface area contributed by atoms with E-state index in [1.807, 2.05) is 13.8 Å². The third-order valence-corrected chi connectivity index (χ3v) is 5.29. The van der Waals surface area contributed by atoms with Crippen LogP contribution in [-0.2, 0) is 4.79 Å². The van der Waals surface area contributed by atoms with Gasteiger partial charge in [-0.3, -0.25) is 9.59 Å². The van der Waals surface area contributed by atoms with Crippen LogP contribution in [0.2, 0.25) is 0 Å². The average molecular weight is 308 g/mol. The number of β-amino-alcohol motifs (C(OH)–C–C–N with tert-alkyl or cyclic N) is 1. The van der Waals surface area contributed by atoms with Gasteiger partial charge in [-0.1, -0.05) is 13.8 Å². The molecule has 3 rings (SSSR count). The standard InChI is InChI=1S/C15H20N2O3S/c1-9(2)15(20)7-17(8-15)14(19)11-5-6-12(21-11)16-13(18)10-3-4-10/h5-6,9-10,20H,3-4,7-8H2,1-2H3,(H,16,18). The van der Waals surface area contributed by atoms with Crippen molar-refractivity contribution in [2.24, 2.45) is 11.8 Å². The zero-order valence-electron chi connectivity index (χ0n) is 12.3. The third-order valence-electron chi connectivity index (χ3n) is 4.30. The Morgan fingerprint density at radius 3 is 2.62 bits per heavy atom. The van der Waals surface area contributed by atoms with Gasteiger partial charge in [0.05, 0.1) is 23.0 Å². The molecule has 1 aliphatic heterocycles. The number of likely N-dealkylation sites (tertiary alicyclic amines) is 1. The fraction of sp³-hybridized carbons (Fsp3) is 0.600. The number of anilines is 1. The van der Waals surface area contributed by atoms with E-state index in [-0.39, 0.29) is 23.7 Å². The average Bonchev–Trinajstić information content (AvgIpc) is 3.15. The molecule has 21 heavy (non-hydrogen) atoms. The summed E-state index contributed by atoms with van der Waals surface area (Å²) in [5.41, 5.74) is -0.754. The van der Waals surface area contributed by atoms with E-state index in [0.29, 0.717) is 18.0 Å². The molecule has 2 aliphatic rings. The number of nitrogens with one attached hydrogen (secondary N) is 1. The Balaban J connectivity index is 1.59. The Hall–Kier alpha value is -1.40. The van der Waals surface area contributed by atoms with E-state index in [2.05, 4.69) is 5.32 Å². The number of carbonyl (C=O) groups is 2. The number of amides is 2. The summed E-state index contributed by atoms with van der Waals surface area (Å²) in [4.78, 5) is 26.2. The molecule has 6 heteroatoms. The van der Waals surface area contributed by atoms with Gasteiger partial charge >= 0.3 is 0 Å². The number of aliphatic hydroxyl groups is 1. The molecule has 0 spiro atoms. The van der Waals surface area contributed by atoms with Crippen LogP contribution in [0.25, 0.3) is 0 Å². The van der Waals surface area contributed by atoms with E-state index < -0.39 is 5.60 Å². The van der Waals surface area contributed by atoms with Gasteiger partial charge in [-0.2, -0.15) is 0 Å². The van der Waals surface area contributed by atoms with Crippen LogP contribution in [0, 0.1) is 11.8 Å². The normalized spacial score (nSPS) is 20.3. The molecule has 2 fully saturated rings. The van der Waals surface area contributed by atoms with Crippen molar-refractivity contribution >= 4 is 28.2 Å². The van der Waals surface area contributed by atoms with Crippen LogP contribution in [0.5, 0.6) is 0 Å². The maximum atomic E-state index is 12.3. The Morgan fingerprint density at radius 1 is 1.38 bits per heavy atom. The van der Waals surface area contributed by atoms with Crippen LogP contribution in [0.3, 0.4) is 0 Å². The fourth-order valence-corrected chi connectivity index (χ4v) is 3.25. The minimum absolute atomic E-state index is 0.0500. The van der Waals surface area contributed by atoms with Crippen molar-refractivity contribution in [2.45, 2.75) is 32.3 Å². The molecule has 2 heterocycles. The Labute approximate surface area is 128 Å². The first-order chi connectivity index (χ1) is 9.89. The van der Waals surface area contributed by atoms with Crippen LogP contribution in [0.4, 0.5) is 5.00 Å². The molecule has 0 bridgehead atoms. The summed E-state index contributed by atoms with van der Waals surface area (Å²) in [6.45, 7) is 4.67. The molecule has 5 nitrogen and oxygen atoms in total. The van der Waals surface area contributed by atoms with Crippen LogP contribution < -0.4 is 5.32 Å². The Bertz CT molecular complexity index is 571. The predicted octanol–water partition coefficient (Wildman–Crippen LogP) is 1.94. The van der Waals surface area contributed by atoms with Crippen molar-refractivity contribution in [1.82, 2.24) is 4.90 Å². The Kier molecular flexibility index (Phi) is 3.53. The first-order valence-corrected chi connectivity index (χ1v) is 8.13. The largest absolute Gasteiger partial charge is 0.386 e. The molecule has 1 saturated carbocycles. The molecule has 1 saturated heterocycles. The lowest BCUT2D eigenvalue weighted by Crippen LogP contribution is -2.65. The number of hydrogen-bond acceptors (Lipinski definition) is 4. The molecule has 1 aromatic heterocycles. The summed E-state index contributed by atoms with van der Waals surface area (Å²) in [5, 5.41) is 13.8. The van der Waals surface area contributed by atoms with Crippen LogP contribution in [0.15, 0.2) is 12.1 Å². The van der Waals surface area contributed by atoms with Gasteiger partial charge in [0.2, 0.25) is 5.91 Å². The van der Waals surface area contributed by atoms with Gasteiger partial charge in [0.25, 0.3) is 5.91 Å². The summed E-state index contributed by atoms with van der Waals surface area (Å²) >= 11 is 1.30. The van der Waals surface area contributed by atoms with E-state index in [1.54, 1.807) is 17.0 Å². The SMILES string of the molecule is CC(C)C1(O)CN(C(=O)c2ccc(NC(=O)C3CC3)s2)C1. The highest BCUT2D eigenvalue weighted by molar-refractivity contribution is 7.18. The highest BCUT2D eigenvalue weighted by Gasteiger charge is 2.46. The molecule has 0 atom stereocenters. The van der Waals surface area contributed by atoms with Gasteiger partial charge in [-0.05, 0) is 30.9 Å². The summed E-state index contributed by atoms with van der Waals surface area (Å²) in [7, 11) is 0. The van der Waals surface area contributed by atoms with E-state index >= 15 is 0 Å². The highest BCUT2D eigenvalue weighted by Crippen LogP contribution is 2.33. The number of nitrogens with zero attached hydrogens (tertiary/aromatic N) is 1. The first-order valence-electron chi connectivity index (χ1n) is 7.31. The quantitative estimate of drug-likeness (QED) is 0.893. The minimum atomic E-state index is -0.754. The molecule has 0 unspecified atom stereocenters. The topological polar surface area (TPSA) is 69.6 Å². The van der Waals surface area contributed by atoms with Gasteiger partial charge in [-0.25, -0.2) is 0 Å². The van der Waals surface area contributed by atoms with E-state index in [1.165, 1.54) is 11.3 Å². The van der Waals surface area contributed by atoms with Gasteiger partial charge in [-0.15, -0.1) is 11.3 Å². The van der Waals surface area contributed by atoms with Crippen molar-refractivity contribution in [2.75, 3.05) is 18.4 Å². The van der Waals surface area contributed by atoms with E-state index in [4.69, 9.17) is 0 Å². The summed E-state index contributed by atoms with van der Waals surface area (Å²) in [6, 6.07) is 3.51. The molecule has 0 radical (unpaired) electrons. The maximum absolute atomic E-state index is 12.3. The second-order valence-electron chi connectivity index (χ2n) is 6.35. The van der Waals surface area contributed by atoms with Crippen molar-refractivity contribution in [3.05, 3.63) is 17.0 Å². The lowest BCUT2D eigenvalue weighted by Gasteiger charge is -2.48. The maximum Gasteiger partial charge on any atom is 0.264 e. The predicted molar refractivity (Wildman–Crippen MR) is 81.4 cm³/mol. The van der Waals surface area contributed by atoms with Gasteiger partial charge in [0.15, 0.2) is 0 Å². The number of hydrogen-bond donors (Lipinski definition) is 2. The molecule has 1 aliphatic carbocycles.